The monoisotopic (exact) mass is 855 g/mol. The van der Waals surface area contributed by atoms with Crippen LogP contribution in [0.15, 0.2) is 249 Å². The van der Waals surface area contributed by atoms with E-state index in [1.54, 1.807) is 0 Å². The van der Waals surface area contributed by atoms with Crippen molar-refractivity contribution in [2.24, 2.45) is 0 Å². The van der Waals surface area contributed by atoms with E-state index in [1.165, 1.54) is 0 Å². The number of hydrogen-bond donors (Lipinski definition) is 0. The minimum Gasteiger partial charge on any atom is -0.231 e. The maximum atomic E-state index is 5.39. The maximum Gasteiger partial charge on any atom is 0.164 e. The Kier molecular flexibility index (Phi) is 10.1. The zero-order valence-corrected chi connectivity index (χ0v) is 36.4. The molecule has 0 N–H and O–H groups in total. The molecule has 0 aliphatic heterocycles. The molecule has 3 aromatic heterocycles. The van der Waals surface area contributed by atoms with Crippen molar-refractivity contribution in [2.45, 2.75) is 0 Å². The Bertz CT molecular complexity index is 3630. The molecule has 67 heavy (non-hydrogen) atoms. The van der Waals surface area contributed by atoms with Gasteiger partial charge in [0.1, 0.15) is 5.69 Å². The highest BCUT2D eigenvalue weighted by molar-refractivity contribution is 6.09. The number of benzene rings is 9. The Morgan fingerprint density at radius 2 is 0.657 bits per heavy atom. The smallest absolute Gasteiger partial charge is 0.164 e. The van der Waals surface area contributed by atoms with Crippen LogP contribution in [0.4, 0.5) is 0 Å². The van der Waals surface area contributed by atoms with Gasteiger partial charge in [-0.25, -0.2) is 19.5 Å². The van der Waals surface area contributed by atoms with Crippen molar-refractivity contribution in [3.63, 3.8) is 0 Å². The Morgan fingerprint density at radius 1 is 0.269 bits per heavy atom. The van der Waals surface area contributed by atoms with Gasteiger partial charge in [-0.2, -0.15) is 5.10 Å². The lowest BCUT2D eigenvalue weighted by Crippen LogP contribution is -2.00. The van der Waals surface area contributed by atoms with E-state index >= 15 is 0 Å². The van der Waals surface area contributed by atoms with Crippen LogP contribution in [0.3, 0.4) is 0 Å². The van der Waals surface area contributed by atoms with Crippen LogP contribution in [0.25, 0.3) is 117 Å². The van der Waals surface area contributed by atoms with Gasteiger partial charge in [0.15, 0.2) is 17.5 Å². The Morgan fingerprint density at radius 3 is 1.19 bits per heavy atom. The molecular weight excluding hydrogens is 815 g/mol. The molecule has 0 spiro atoms. The van der Waals surface area contributed by atoms with E-state index in [0.717, 1.165) is 100 Å². The molecule has 0 bridgehead atoms. The van der Waals surface area contributed by atoms with Crippen LogP contribution in [-0.4, -0.2) is 24.6 Å². The normalized spacial score (nSPS) is 11.3. The summed E-state index contributed by atoms with van der Waals surface area (Å²) in [5, 5.41) is 7.65. The van der Waals surface area contributed by atoms with Gasteiger partial charge in [0.05, 0.1) is 11.2 Å². The fourth-order valence-corrected chi connectivity index (χ4v) is 9.13. The molecular formula is C62H41N5. The molecule has 0 unspecified atom stereocenters. The van der Waals surface area contributed by atoms with Crippen LogP contribution >= 0.6 is 0 Å². The molecule has 12 aromatic rings. The topological polar surface area (TPSA) is 56.0 Å². The first-order chi connectivity index (χ1) is 33.2. The molecule has 0 amide bonds. The highest BCUT2D eigenvalue weighted by atomic mass is 15.2. The van der Waals surface area contributed by atoms with E-state index in [-0.39, 0.29) is 0 Å². The van der Waals surface area contributed by atoms with E-state index in [9.17, 15) is 0 Å². The molecule has 9 aromatic carbocycles. The molecule has 0 aliphatic rings. The van der Waals surface area contributed by atoms with E-state index in [1.807, 2.05) is 42.5 Å². The predicted molar refractivity (Wildman–Crippen MR) is 275 cm³/mol. The number of pyridine rings is 1. The highest BCUT2D eigenvalue weighted by Gasteiger charge is 2.22. The molecule has 3 heterocycles. The SMILES string of the molecule is c1ccc(-c2cc(-c3ccccc3)cc(-c3nc(-c4ccccc4)nc(-c4ccc(-c5ccc6c(c5)cc(-c5ccccc5)n5nc(-c7ccccc7)c(-c7ccccc7)c65)cc4)n3)c2)cc1. The number of aromatic nitrogens is 5. The third kappa shape index (κ3) is 7.64. The third-order valence-electron chi connectivity index (χ3n) is 12.4. The lowest BCUT2D eigenvalue weighted by atomic mass is 9.95. The van der Waals surface area contributed by atoms with Gasteiger partial charge in [-0.3, -0.25) is 0 Å². The molecule has 0 aliphatic carbocycles. The van der Waals surface area contributed by atoms with Crippen molar-refractivity contribution < 1.29 is 0 Å². The zero-order chi connectivity index (χ0) is 44.5. The van der Waals surface area contributed by atoms with Gasteiger partial charge in [0.25, 0.3) is 0 Å². The summed E-state index contributed by atoms with van der Waals surface area (Å²) in [4.78, 5) is 15.4. The van der Waals surface area contributed by atoms with Gasteiger partial charge in [-0.15, -0.1) is 0 Å². The van der Waals surface area contributed by atoms with Gasteiger partial charge < -0.3 is 0 Å². The first kappa shape index (κ1) is 39.5. The van der Waals surface area contributed by atoms with Crippen LogP contribution in [0.1, 0.15) is 0 Å². The predicted octanol–water partition coefficient (Wildman–Crippen LogP) is 15.7. The molecule has 0 radical (unpaired) electrons. The maximum absolute atomic E-state index is 5.39. The van der Waals surface area contributed by atoms with Gasteiger partial charge >= 0.3 is 0 Å². The standard InChI is InChI=1S/C62H41N5/c1-7-19-42(20-8-1)51-38-52(43-21-9-2-10-22-43)40-54(39-51)62-64-60(48-29-17-6-18-30-48)63-61(65-62)49-33-31-44(32-34-49)50-35-36-55-53(37-50)41-56(45-23-11-3-12-24-45)67-59(55)57(46-25-13-4-14-26-46)58(66-67)47-27-15-5-16-28-47/h1-41H. The van der Waals surface area contributed by atoms with Crippen molar-refractivity contribution in [1.82, 2.24) is 24.6 Å². The molecule has 5 nitrogen and oxygen atoms in total. The average Bonchev–Trinajstić information content (AvgIpc) is 3.83. The number of rotatable bonds is 9. The Hall–Kier alpha value is -9.06. The zero-order valence-electron chi connectivity index (χ0n) is 36.4. The van der Waals surface area contributed by atoms with Gasteiger partial charge in [-0.1, -0.05) is 218 Å². The second-order valence-corrected chi connectivity index (χ2v) is 16.7. The molecule has 0 fully saturated rings. The van der Waals surface area contributed by atoms with E-state index in [2.05, 4.69) is 211 Å². The Balaban J connectivity index is 0.986. The molecule has 12 rings (SSSR count). The van der Waals surface area contributed by atoms with Gasteiger partial charge in [-0.05, 0) is 74.7 Å². The summed E-state index contributed by atoms with van der Waals surface area (Å²) < 4.78 is 2.14. The minimum absolute atomic E-state index is 0.610. The second kappa shape index (κ2) is 17.1. The third-order valence-corrected chi connectivity index (χ3v) is 12.4. The molecule has 0 saturated heterocycles. The molecule has 5 heteroatoms. The lowest BCUT2D eigenvalue weighted by Gasteiger charge is -2.13. The van der Waals surface area contributed by atoms with Crippen molar-refractivity contribution in [3.05, 3.63) is 249 Å². The van der Waals surface area contributed by atoms with E-state index in [4.69, 9.17) is 20.1 Å². The van der Waals surface area contributed by atoms with Gasteiger partial charge in [0.2, 0.25) is 0 Å². The second-order valence-electron chi connectivity index (χ2n) is 16.7. The quantitative estimate of drug-likeness (QED) is 0.145. The molecule has 314 valence electrons. The fraction of sp³-hybridized carbons (Fsp3) is 0. The van der Waals surface area contributed by atoms with Crippen LogP contribution in [-0.2, 0) is 0 Å². The summed E-state index contributed by atoms with van der Waals surface area (Å²) in [6.07, 6.45) is 0. The number of nitrogens with zero attached hydrogens (tertiary/aromatic N) is 5. The van der Waals surface area contributed by atoms with Crippen LogP contribution in [0.2, 0.25) is 0 Å². The number of hydrogen-bond acceptors (Lipinski definition) is 4. The van der Waals surface area contributed by atoms with Crippen LogP contribution < -0.4 is 0 Å². The van der Waals surface area contributed by atoms with Crippen molar-refractivity contribution in [3.8, 4) is 101 Å². The fourth-order valence-electron chi connectivity index (χ4n) is 9.13. The molecule has 0 atom stereocenters. The lowest BCUT2D eigenvalue weighted by molar-refractivity contribution is 0.979. The summed E-state index contributed by atoms with van der Waals surface area (Å²) in [5.74, 6) is 1.85. The number of fused-ring (bicyclic) bond motifs is 3. The van der Waals surface area contributed by atoms with Crippen molar-refractivity contribution in [1.29, 1.82) is 0 Å². The van der Waals surface area contributed by atoms with E-state index in [0.29, 0.717) is 17.5 Å². The average molecular weight is 856 g/mol. The molecule has 0 saturated carbocycles. The van der Waals surface area contributed by atoms with E-state index < -0.39 is 0 Å². The first-order valence-corrected chi connectivity index (χ1v) is 22.5. The van der Waals surface area contributed by atoms with Crippen molar-refractivity contribution in [2.75, 3.05) is 0 Å². The summed E-state index contributed by atoms with van der Waals surface area (Å²) >= 11 is 0. The Labute approximate surface area is 389 Å². The van der Waals surface area contributed by atoms with Crippen LogP contribution in [0.5, 0.6) is 0 Å². The van der Waals surface area contributed by atoms with Crippen molar-refractivity contribution >= 4 is 16.3 Å². The first-order valence-electron chi connectivity index (χ1n) is 22.5. The summed E-state index contributed by atoms with van der Waals surface area (Å²) in [6, 6.07) is 87.1. The highest BCUT2D eigenvalue weighted by Crippen LogP contribution is 2.42. The van der Waals surface area contributed by atoms with Crippen LogP contribution in [0, 0.1) is 0 Å². The summed E-state index contributed by atoms with van der Waals surface area (Å²) in [7, 11) is 0. The summed E-state index contributed by atoms with van der Waals surface area (Å²) in [5.41, 5.74) is 16.9. The minimum atomic E-state index is 0.610. The summed E-state index contributed by atoms with van der Waals surface area (Å²) in [6.45, 7) is 0. The largest absolute Gasteiger partial charge is 0.231 e. The van der Waals surface area contributed by atoms with Gasteiger partial charge in [0, 0.05) is 38.8 Å².